The second-order valence-corrected chi connectivity index (χ2v) is 5.67. The first-order valence-electron chi connectivity index (χ1n) is 6.37. The molecule has 0 atom stereocenters. The van der Waals surface area contributed by atoms with Crippen LogP contribution in [0, 0.1) is 5.92 Å². The number of nitrogens with zero attached hydrogens (tertiary/aromatic N) is 1. The molecular formula is C14H20BrNO2. The minimum atomic E-state index is 0.0801. The number of aliphatic hydroxyl groups excluding tert-OH is 1. The average molecular weight is 314 g/mol. The van der Waals surface area contributed by atoms with E-state index in [0.717, 1.165) is 29.7 Å². The molecule has 3 nitrogen and oxygen atoms in total. The van der Waals surface area contributed by atoms with Crippen molar-refractivity contribution in [3.8, 4) is 0 Å². The van der Waals surface area contributed by atoms with Crippen LogP contribution in [0.1, 0.15) is 18.4 Å². The highest BCUT2D eigenvalue weighted by atomic mass is 79.9. The molecule has 1 aliphatic heterocycles. The lowest BCUT2D eigenvalue weighted by atomic mass is 9.97. The van der Waals surface area contributed by atoms with Gasteiger partial charge in [-0.2, -0.15) is 0 Å². The lowest BCUT2D eigenvalue weighted by Gasteiger charge is -2.33. The SMILES string of the molecule is COCC1CCN(c2ccc(CO)c(Br)c2)CC1. The number of hydrogen-bond donors (Lipinski definition) is 1. The van der Waals surface area contributed by atoms with E-state index < -0.39 is 0 Å². The minimum Gasteiger partial charge on any atom is -0.392 e. The van der Waals surface area contributed by atoms with Crippen molar-refractivity contribution in [2.24, 2.45) is 5.92 Å². The predicted molar refractivity (Wildman–Crippen MR) is 76.9 cm³/mol. The number of ether oxygens (including phenoxy) is 1. The van der Waals surface area contributed by atoms with Crippen molar-refractivity contribution in [3.05, 3.63) is 28.2 Å². The fraction of sp³-hybridized carbons (Fsp3) is 0.571. The van der Waals surface area contributed by atoms with Crippen LogP contribution in [0.5, 0.6) is 0 Å². The molecule has 1 aromatic carbocycles. The summed E-state index contributed by atoms with van der Waals surface area (Å²) in [6.45, 7) is 3.12. The molecule has 0 bridgehead atoms. The third kappa shape index (κ3) is 3.25. The summed E-state index contributed by atoms with van der Waals surface area (Å²) in [5, 5.41) is 9.16. The van der Waals surface area contributed by atoms with Crippen LogP contribution >= 0.6 is 15.9 Å². The Balaban J connectivity index is 1.99. The zero-order valence-electron chi connectivity index (χ0n) is 10.7. The van der Waals surface area contributed by atoms with Gasteiger partial charge in [-0.1, -0.05) is 22.0 Å². The second kappa shape index (κ2) is 6.55. The number of methoxy groups -OCH3 is 1. The Morgan fingerprint density at radius 3 is 2.67 bits per heavy atom. The predicted octanol–water partition coefficient (Wildman–Crippen LogP) is 2.80. The Labute approximate surface area is 117 Å². The number of hydrogen-bond acceptors (Lipinski definition) is 3. The lowest BCUT2D eigenvalue weighted by Crippen LogP contribution is -2.34. The van der Waals surface area contributed by atoms with Crippen molar-refractivity contribution >= 4 is 21.6 Å². The van der Waals surface area contributed by atoms with E-state index in [1.165, 1.54) is 18.5 Å². The summed E-state index contributed by atoms with van der Waals surface area (Å²) in [4.78, 5) is 2.40. The topological polar surface area (TPSA) is 32.7 Å². The van der Waals surface area contributed by atoms with E-state index in [-0.39, 0.29) is 6.61 Å². The molecule has 0 saturated carbocycles. The van der Waals surface area contributed by atoms with Gasteiger partial charge in [0.1, 0.15) is 0 Å². The van der Waals surface area contributed by atoms with Crippen LogP contribution in [0.25, 0.3) is 0 Å². The monoisotopic (exact) mass is 313 g/mol. The molecule has 0 amide bonds. The highest BCUT2D eigenvalue weighted by molar-refractivity contribution is 9.10. The van der Waals surface area contributed by atoms with Gasteiger partial charge in [-0.25, -0.2) is 0 Å². The van der Waals surface area contributed by atoms with Gasteiger partial charge in [0.05, 0.1) is 6.61 Å². The van der Waals surface area contributed by atoms with Gasteiger partial charge in [-0.3, -0.25) is 0 Å². The van der Waals surface area contributed by atoms with Gasteiger partial charge in [0.2, 0.25) is 0 Å². The largest absolute Gasteiger partial charge is 0.392 e. The number of anilines is 1. The van der Waals surface area contributed by atoms with Crippen LogP contribution in [-0.2, 0) is 11.3 Å². The van der Waals surface area contributed by atoms with Gasteiger partial charge in [0.25, 0.3) is 0 Å². The van der Waals surface area contributed by atoms with E-state index in [4.69, 9.17) is 9.84 Å². The zero-order valence-corrected chi connectivity index (χ0v) is 12.3. The first-order chi connectivity index (χ1) is 8.74. The summed E-state index contributed by atoms with van der Waals surface area (Å²) in [5.41, 5.74) is 2.17. The van der Waals surface area contributed by atoms with Gasteiger partial charge in [0, 0.05) is 37.0 Å². The molecule has 0 unspecified atom stereocenters. The summed E-state index contributed by atoms with van der Waals surface area (Å²) in [5.74, 6) is 0.700. The number of piperidine rings is 1. The minimum absolute atomic E-state index is 0.0801. The molecule has 18 heavy (non-hydrogen) atoms. The molecule has 1 heterocycles. The van der Waals surface area contributed by atoms with Crippen molar-refractivity contribution in [3.63, 3.8) is 0 Å². The molecule has 0 spiro atoms. The number of halogens is 1. The molecule has 0 radical (unpaired) electrons. The van der Waals surface area contributed by atoms with Crippen LogP contribution in [0.4, 0.5) is 5.69 Å². The summed E-state index contributed by atoms with van der Waals surface area (Å²) >= 11 is 3.50. The van der Waals surface area contributed by atoms with Gasteiger partial charge >= 0.3 is 0 Å². The van der Waals surface area contributed by atoms with Gasteiger partial charge in [-0.15, -0.1) is 0 Å². The van der Waals surface area contributed by atoms with E-state index in [0.29, 0.717) is 5.92 Å². The summed E-state index contributed by atoms with van der Waals surface area (Å²) in [6, 6.07) is 6.18. The number of benzene rings is 1. The fourth-order valence-electron chi connectivity index (χ4n) is 2.45. The van der Waals surface area contributed by atoms with Crippen molar-refractivity contribution in [1.82, 2.24) is 0 Å². The van der Waals surface area contributed by atoms with Crippen LogP contribution in [-0.4, -0.2) is 31.9 Å². The number of rotatable bonds is 4. The van der Waals surface area contributed by atoms with Crippen molar-refractivity contribution in [2.45, 2.75) is 19.4 Å². The van der Waals surface area contributed by atoms with E-state index in [9.17, 15) is 0 Å². The molecule has 1 fully saturated rings. The molecule has 1 saturated heterocycles. The maximum Gasteiger partial charge on any atom is 0.0692 e. The van der Waals surface area contributed by atoms with E-state index in [1.54, 1.807) is 7.11 Å². The van der Waals surface area contributed by atoms with Crippen LogP contribution in [0.15, 0.2) is 22.7 Å². The van der Waals surface area contributed by atoms with Crippen molar-refractivity contribution in [1.29, 1.82) is 0 Å². The molecule has 1 aliphatic rings. The Kier molecular flexibility index (Phi) is 5.03. The van der Waals surface area contributed by atoms with Gasteiger partial charge in [-0.05, 0) is 36.5 Å². The van der Waals surface area contributed by atoms with Crippen molar-refractivity contribution in [2.75, 3.05) is 31.7 Å². The first-order valence-corrected chi connectivity index (χ1v) is 7.17. The highest BCUT2D eigenvalue weighted by Gasteiger charge is 2.19. The smallest absolute Gasteiger partial charge is 0.0692 e. The fourth-order valence-corrected chi connectivity index (χ4v) is 2.95. The lowest BCUT2D eigenvalue weighted by molar-refractivity contribution is 0.139. The molecule has 2 rings (SSSR count). The summed E-state index contributed by atoms with van der Waals surface area (Å²) < 4.78 is 6.21. The van der Waals surface area contributed by atoms with E-state index in [2.05, 4.69) is 33.0 Å². The Bertz CT molecular complexity index is 389. The van der Waals surface area contributed by atoms with Crippen LogP contribution < -0.4 is 4.90 Å². The summed E-state index contributed by atoms with van der Waals surface area (Å²) in [7, 11) is 1.77. The standard InChI is InChI=1S/C14H20BrNO2/c1-18-10-11-4-6-16(7-5-11)13-3-2-12(9-17)14(15)8-13/h2-3,8,11,17H,4-7,9-10H2,1H3. The maximum absolute atomic E-state index is 9.16. The molecule has 0 aliphatic carbocycles. The molecule has 1 N–H and O–H groups in total. The van der Waals surface area contributed by atoms with Gasteiger partial charge < -0.3 is 14.7 Å². The third-order valence-electron chi connectivity index (χ3n) is 3.59. The third-order valence-corrected chi connectivity index (χ3v) is 4.33. The summed E-state index contributed by atoms with van der Waals surface area (Å²) in [6.07, 6.45) is 2.38. The van der Waals surface area contributed by atoms with E-state index in [1.807, 2.05) is 6.07 Å². The van der Waals surface area contributed by atoms with Crippen LogP contribution in [0.2, 0.25) is 0 Å². The highest BCUT2D eigenvalue weighted by Crippen LogP contribution is 2.27. The van der Waals surface area contributed by atoms with E-state index >= 15 is 0 Å². The normalized spacial score (nSPS) is 17.2. The molecule has 1 aromatic rings. The first kappa shape index (κ1) is 13.8. The molecule has 0 aromatic heterocycles. The quantitative estimate of drug-likeness (QED) is 0.927. The average Bonchev–Trinajstić information content (AvgIpc) is 2.40. The Morgan fingerprint density at radius 1 is 1.39 bits per heavy atom. The molecule has 4 heteroatoms. The molecular weight excluding hydrogens is 294 g/mol. The van der Waals surface area contributed by atoms with Crippen LogP contribution in [0.3, 0.4) is 0 Å². The maximum atomic E-state index is 9.16. The van der Waals surface area contributed by atoms with Gasteiger partial charge in [0.15, 0.2) is 0 Å². The number of aliphatic hydroxyl groups is 1. The zero-order chi connectivity index (χ0) is 13.0. The van der Waals surface area contributed by atoms with Crippen molar-refractivity contribution < 1.29 is 9.84 Å². The Morgan fingerprint density at radius 2 is 2.11 bits per heavy atom. The second-order valence-electron chi connectivity index (χ2n) is 4.82. The molecule has 100 valence electrons. The Hall–Kier alpha value is -0.580.